The number of hydrogen-bond donors (Lipinski definition) is 2. The van der Waals surface area contributed by atoms with Gasteiger partial charge in [0.2, 0.25) is 0 Å². The zero-order valence-corrected chi connectivity index (χ0v) is 10.3. The van der Waals surface area contributed by atoms with Gasteiger partial charge in [0.1, 0.15) is 0 Å². The predicted octanol–water partition coefficient (Wildman–Crippen LogP) is 0.332. The summed E-state index contributed by atoms with van der Waals surface area (Å²) in [5.74, 6) is 0. The highest BCUT2D eigenvalue weighted by Crippen LogP contribution is 2.23. The van der Waals surface area contributed by atoms with E-state index in [0.29, 0.717) is 26.4 Å². The normalized spacial score (nSPS) is 25.1. The Kier molecular flexibility index (Phi) is 8.56. The second-order valence-electron chi connectivity index (χ2n) is 4.16. The van der Waals surface area contributed by atoms with Crippen molar-refractivity contribution >= 4 is 0 Å². The average Bonchev–Trinajstić information content (AvgIpc) is 2.37. The van der Waals surface area contributed by atoms with Gasteiger partial charge < -0.3 is 24.4 Å². The molecule has 0 radical (unpaired) electrons. The molecule has 17 heavy (non-hydrogen) atoms. The first-order valence-corrected chi connectivity index (χ1v) is 6.41. The Balaban J connectivity index is 2.13. The summed E-state index contributed by atoms with van der Waals surface area (Å²) in [4.78, 5) is 0. The van der Waals surface area contributed by atoms with Crippen LogP contribution < -0.4 is 0 Å². The van der Waals surface area contributed by atoms with Gasteiger partial charge in [-0.2, -0.15) is 0 Å². The van der Waals surface area contributed by atoms with Crippen LogP contribution in [0.4, 0.5) is 0 Å². The first-order chi connectivity index (χ1) is 8.38. The molecule has 0 aliphatic heterocycles. The zero-order valence-electron chi connectivity index (χ0n) is 10.3. The maximum Gasteiger partial charge on any atom is 0.0837 e. The third-order valence-corrected chi connectivity index (χ3v) is 2.86. The predicted molar refractivity (Wildman–Crippen MR) is 62.9 cm³/mol. The van der Waals surface area contributed by atoms with Crippen molar-refractivity contribution in [3.8, 4) is 0 Å². The molecule has 1 aliphatic carbocycles. The molecule has 0 aromatic rings. The molecule has 0 heterocycles. The Morgan fingerprint density at radius 3 is 1.94 bits per heavy atom. The molecule has 5 heteroatoms. The summed E-state index contributed by atoms with van der Waals surface area (Å²) in [6, 6.07) is 0. The van der Waals surface area contributed by atoms with Crippen LogP contribution >= 0.6 is 0 Å². The van der Waals surface area contributed by atoms with Crippen LogP contribution in [0.15, 0.2) is 0 Å². The SMILES string of the molecule is OCCOCCOC1CCCCC1OCCO. The van der Waals surface area contributed by atoms with Gasteiger partial charge in [-0.15, -0.1) is 0 Å². The first kappa shape index (κ1) is 14.9. The number of ether oxygens (including phenoxy) is 3. The van der Waals surface area contributed by atoms with Gasteiger partial charge in [0.15, 0.2) is 0 Å². The molecule has 1 rings (SSSR count). The van der Waals surface area contributed by atoms with Crippen LogP contribution in [0.3, 0.4) is 0 Å². The number of aliphatic hydroxyl groups is 2. The smallest absolute Gasteiger partial charge is 0.0837 e. The molecule has 0 bridgehead atoms. The van der Waals surface area contributed by atoms with Gasteiger partial charge >= 0.3 is 0 Å². The molecule has 102 valence electrons. The summed E-state index contributed by atoms with van der Waals surface area (Å²) in [5.41, 5.74) is 0. The van der Waals surface area contributed by atoms with Gasteiger partial charge in [-0.25, -0.2) is 0 Å². The Bertz CT molecular complexity index is 176. The highest BCUT2D eigenvalue weighted by molar-refractivity contribution is 4.76. The summed E-state index contributed by atoms with van der Waals surface area (Å²) in [7, 11) is 0. The van der Waals surface area contributed by atoms with Crippen LogP contribution in [0.5, 0.6) is 0 Å². The van der Waals surface area contributed by atoms with Crippen molar-refractivity contribution in [1.29, 1.82) is 0 Å². The van der Waals surface area contributed by atoms with E-state index in [-0.39, 0.29) is 25.4 Å². The Morgan fingerprint density at radius 1 is 0.765 bits per heavy atom. The van der Waals surface area contributed by atoms with E-state index in [1.54, 1.807) is 0 Å². The average molecular weight is 248 g/mol. The molecule has 0 spiro atoms. The molecular formula is C12H24O5. The minimum absolute atomic E-state index is 0.0473. The largest absolute Gasteiger partial charge is 0.394 e. The molecular weight excluding hydrogens is 224 g/mol. The maximum atomic E-state index is 8.75. The van der Waals surface area contributed by atoms with E-state index in [0.717, 1.165) is 19.3 Å². The molecule has 2 atom stereocenters. The summed E-state index contributed by atoms with van der Waals surface area (Å²) >= 11 is 0. The van der Waals surface area contributed by atoms with Crippen molar-refractivity contribution in [3.05, 3.63) is 0 Å². The second-order valence-corrected chi connectivity index (χ2v) is 4.16. The van der Waals surface area contributed by atoms with E-state index < -0.39 is 0 Å². The standard InChI is InChI=1S/C12H24O5/c13-5-7-15-9-10-17-12-4-2-1-3-11(12)16-8-6-14/h11-14H,1-10H2. The van der Waals surface area contributed by atoms with E-state index in [1.807, 2.05) is 0 Å². The van der Waals surface area contributed by atoms with Gasteiger partial charge in [-0.3, -0.25) is 0 Å². The van der Waals surface area contributed by atoms with Crippen LogP contribution in [0, 0.1) is 0 Å². The van der Waals surface area contributed by atoms with Crippen LogP contribution in [0.2, 0.25) is 0 Å². The van der Waals surface area contributed by atoms with Gasteiger partial charge in [0.05, 0.1) is 51.8 Å². The molecule has 1 saturated carbocycles. The minimum Gasteiger partial charge on any atom is -0.394 e. The van der Waals surface area contributed by atoms with E-state index in [4.69, 9.17) is 24.4 Å². The molecule has 0 aromatic heterocycles. The number of aliphatic hydroxyl groups excluding tert-OH is 2. The van der Waals surface area contributed by atoms with Crippen molar-refractivity contribution < 1.29 is 24.4 Å². The van der Waals surface area contributed by atoms with Crippen molar-refractivity contribution in [1.82, 2.24) is 0 Å². The lowest BCUT2D eigenvalue weighted by molar-refractivity contribution is -0.106. The first-order valence-electron chi connectivity index (χ1n) is 6.41. The molecule has 1 fully saturated rings. The van der Waals surface area contributed by atoms with Crippen molar-refractivity contribution in [2.24, 2.45) is 0 Å². The quantitative estimate of drug-likeness (QED) is 0.576. The summed E-state index contributed by atoms with van der Waals surface area (Å²) in [5, 5.41) is 17.3. The molecule has 2 unspecified atom stereocenters. The van der Waals surface area contributed by atoms with Crippen LogP contribution in [0.1, 0.15) is 25.7 Å². The fourth-order valence-electron chi connectivity index (χ4n) is 2.07. The zero-order chi connectivity index (χ0) is 12.3. The molecule has 2 N–H and O–H groups in total. The number of rotatable bonds is 9. The van der Waals surface area contributed by atoms with Crippen LogP contribution in [-0.2, 0) is 14.2 Å². The van der Waals surface area contributed by atoms with Crippen LogP contribution in [0.25, 0.3) is 0 Å². The second kappa shape index (κ2) is 9.79. The lowest BCUT2D eigenvalue weighted by atomic mass is 9.94. The monoisotopic (exact) mass is 248 g/mol. The van der Waals surface area contributed by atoms with Crippen molar-refractivity contribution in [2.75, 3.05) is 39.6 Å². The van der Waals surface area contributed by atoms with E-state index >= 15 is 0 Å². The van der Waals surface area contributed by atoms with Gasteiger partial charge in [-0.1, -0.05) is 12.8 Å². The third kappa shape index (κ3) is 6.33. The van der Waals surface area contributed by atoms with E-state index in [9.17, 15) is 0 Å². The summed E-state index contributed by atoms with van der Waals surface area (Å²) in [6.45, 7) is 1.88. The van der Waals surface area contributed by atoms with Gasteiger partial charge in [0, 0.05) is 0 Å². The topological polar surface area (TPSA) is 68.2 Å². The third-order valence-electron chi connectivity index (χ3n) is 2.86. The fourth-order valence-corrected chi connectivity index (χ4v) is 2.07. The van der Waals surface area contributed by atoms with E-state index in [2.05, 4.69) is 0 Å². The maximum absolute atomic E-state index is 8.75. The fraction of sp³-hybridized carbons (Fsp3) is 1.00. The van der Waals surface area contributed by atoms with Crippen molar-refractivity contribution in [2.45, 2.75) is 37.9 Å². The lowest BCUT2D eigenvalue weighted by Crippen LogP contribution is -2.36. The molecule has 0 aromatic carbocycles. The molecule has 0 saturated heterocycles. The number of hydrogen-bond acceptors (Lipinski definition) is 5. The molecule has 1 aliphatic rings. The summed E-state index contributed by atoms with van der Waals surface area (Å²) in [6.07, 6.45) is 4.57. The van der Waals surface area contributed by atoms with Gasteiger partial charge in [0.25, 0.3) is 0 Å². The highest BCUT2D eigenvalue weighted by Gasteiger charge is 2.26. The van der Waals surface area contributed by atoms with Gasteiger partial charge in [-0.05, 0) is 12.8 Å². The van der Waals surface area contributed by atoms with Crippen molar-refractivity contribution in [3.63, 3.8) is 0 Å². The minimum atomic E-state index is 0.0473. The molecule has 0 amide bonds. The van der Waals surface area contributed by atoms with Crippen LogP contribution in [-0.4, -0.2) is 62.1 Å². The Labute approximate surface area is 103 Å². The summed E-state index contributed by atoms with van der Waals surface area (Å²) < 4.78 is 16.4. The van der Waals surface area contributed by atoms with E-state index in [1.165, 1.54) is 6.42 Å². The molecule has 5 nitrogen and oxygen atoms in total. The lowest BCUT2D eigenvalue weighted by Gasteiger charge is -2.31. The highest BCUT2D eigenvalue weighted by atomic mass is 16.6. The Morgan fingerprint density at radius 2 is 1.35 bits per heavy atom. The Hall–Kier alpha value is -0.200.